The SMILES string of the molecule is O=CCc1c(-c2ccccc2)nn(Cc2ccc(NC(=O)c3ccc(C(F)(F)F)cc3)cc2)c1-c1ccccc1. The molecule has 0 atom stereocenters. The fraction of sp³-hybridized carbons (Fsp3) is 0.0938. The molecule has 0 fully saturated rings. The Labute approximate surface area is 228 Å². The number of nitrogens with zero attached hydrogens (tertiary/aromatic N) is 2. The van der Waals surface area contributed by atoms with Crippen LogP contribution in [0.3, 0.4) is 0 Å². The summed E-state index contributed by atoms with van der Waals surface area (Å²) in [6.45, 7) is 0.413. The number of aldehydes is 1. The first-order valence-corrected chi connectivity index (χ1v) is 12.5. The third-order valence-electron chi connectivity index (χ3n) is 6.45. The van der Waals surface area contributed by atoms with E-state index in [2.05, 4.69) is 5.32 Å². The first kappa shape index (κ1) is 26.6. The Morgan fingerprint density at radius 1 is 0.800 bits per heavy atom. The van der Waals surface area contributed by atoms with Crippen LogP contribution in [0.25, 0.3) is 22.5 Å². The summed E-state index contributed by atoms with van der Waals surface area (Å²) in [4.78, 5) is 24.2. The van der Waals surface area contributed by atoms with Gasteiger partial charge in [0.25, 0.3) is 5.91 Å². The van der Waals surface area contributed by atoms with Crippen molar-refractivity contribution in [1.29, 1.82) is 0 Å². The van der Waals surface area contributed by atoms with Gasteiger partial charge in [-0.15, -0.1) is 0 Å². The number of anilines is 1. The molecule has 200 valence electrons. The van der Waals surface area contributed by atoms with Gasteiger partial charge in [-0.25, -0.2) is 0 Å². The molecule has 0 saturated heterocycles. The van der Waals surface area contributed by atoms with E-state index in [4.69, 9.17) is 5.10 Å². The summed E-state index contributed by atoms with van der Waals surface area (Å²) in [7, 11) is 0. The highest BCUT2D eigenvalue weighted by Gasteiger charge is 2.30. The van der Waals surface area contributed by atoms with Crippen molar-refractivity contribution < 1.29 is 22.8 Å². The van der Waals surface area contributed by atoms with Crippen molar-refractivity contribution in [2.75, 3.05) is 5.32 Å². The van der Waals surface area contributed by atoms with Crippen LogP contribution < -0.4 is 5.32 Å². The lowest BCUT2D eigenvalue weighted by molar-refractivity contribution is -0.137. The summed E-state index contributed by atoms with van der Waals surface area (Å²) in [6, 6.07) is 30.7. The molecule has 1 aromatic heterocycles. The lowest BCUT2D eigenvalue weighted by Gasteiger charge is -2.11. The summed E-state index contributed by atoms with van der Waals surface area (Å²) in [5.41, 5.74) is 5.01. The number of aromatic nitrogens is 2. The van der Waals surface area contributed by atoms with E-state index >= 15 is 0 Å². The number of nitrogens with one attached hydrogen (secondary N) is 1. The highest BCUT2D eigenvalue weighted by Crippen LogP contribution is 2.33. The summed E-state index contributed by atoms with van der Waals surface area (Å²) >= 11 is 0. The Kier molecular flexibility index (Phi) is 7.59. The second-order valence-electron chi connectivity index (χ2n) is 9.16. The van der Waals surface area contributed by atoms with Gasteiger partial charge in [-0.05, 0) is 42.0 Å². The summed E-state index contributed by atoms with van der Waals surface area (Å²) in [5, 5.41) is 7.63. The van der Waals surface area contributed by atoms with Crippen molar-refractivity contribution in [3.8, 4) is 22.5 Å². The van der Waals surface area contributed by atoms with Crippen molar-refractivity contribution in [2.45, 2.75) is 19.1 Å². The molecule has 40 heavy (non-hydrogen) atoms. The largest absolute Gasteiger partial charge is 0.416 e. The van der Waals surface area contributed by atoms with Crippen molar-refractivity contribution >= 4 is 17.9 Å². The molecule has 0 radical (unpaired) electrons. The predicted octanol–water partition coefficient (Wildman–Crippen LogP) is 7.28. The summed E-state index contributed by atoms with van der Waals surface area (Å²) in [6.07, 6.45) is -3.37. The zero-order valence-electron chi connectivity index (χ0n) is 21.2. The minimum absolute atomic E-state index is 0.122. The maximum atomic E-state index is 12.8. The van der Waals surface area contributed by atoms with Gasteiger partial charge in [-0.3, -0.25) is 9.48 Å². The second-order valence-corrected chi connectivity index (χ2v) is 9.16. The van der Waals surface area contributed by atoms with E-state index in [-0.39, 0.29) is 12.0 Å². The third-order valence-corrected chi connectivity index (χ3v) is 6.45. The van der Waals surface area contributed by atoms with E-state index in [0.29, 0.717) is 12.2 Å². The highest BCUT2D eigenvalue weighted by molar-refractivity contribution is 6.04. The quantitative estimate of drug-likeness (QED) is 0.211. The molecule has 0 aliphatic carbocycles. The minimum atomic E-state index is -4.46. The van der Waals surface area contributed by atoms with Crippen LogP contribution in [0.15, 0.2) is 109 Å². The van der Waals surface area contributed by atoms with Crippen molar-refractivity contribution in [3.05, 3.63) is 131 Å². The number of amides is 1. The van der Waals surface area contributed by atoms with E-state index in [1.165, 1.54) is 0 Å². The lowest BCUT2D eigenvalue weighted by atomic mass is 10.00. The number of rotatable bonds is 8. The van der Waals surface area contributed by atoms with Crippen molar-refractivity contribution in [2.24, 2.45) is 0 Å². The smallest absolute Gasteiger partial charge is 0.322 e. The number of halogens is 3. The van der Waals surface area contributed by atoms with Crippen LogP contribution in [-0.4, -0.2) is 22.0 Å². The molecule has 0 spiro atoms. The van der Waals surface area contributed by atoms with E-state index in [9.17, 15) is 22.8 Å². The fourth-order valence-electron chi connectivity index (χ4n) is 4.52. The van der Waals surface area contributed by atoms with Gasteiger partial charge in [0, 0.05) is 34.4 Å². The standard InChI is InChI=1S/C32H24F3N3O2/c33-32(34,35)26-15-13-25(14-16-26)31(40)36-27-17-11-22(12-18-27)21-38-30(24-9-5-2-6-10-24)28(19-20-39)29(37-38)23-7-3-1-4-8-23/h1-18,20H,19,21H2,(H,36,40). The number of benzene rings is 4. The zero-order chi connectivity index (χ0) is 28.1. The normalized spacial score (nSPS) is 11.3. The molecule has 0 aliphatic heterocycles. The number of carbonyl (C=O) groups is 2. The molecule has 0 unspecified atom stereocenters. The van der Waals surface area contributed by atoms with Crippen molar-refractivity contribution in [3.63, 3.8) is 0 Å². The molecule has 8 heteroatoms. The Morgan fingerprint density at radius 3 is 1.98 bits per heavy atom. The van der Waals surface area contributed by atoms with Crippen LogP contribution in [-0.2, 0) is 23.9 Å². The van der Waals surface area contributed by atoms with Crippen LogP contribution in [0.1, 0.15) is 27.0 Å². The van der Waals surface area contributed by atoms with Crippen LogP contribution >= 0.6 is 0 Å². The second kappa shape index (κ2) is 11.4. The van der Waals surface area contributed by atoms with Crippen molar-refractivity contribution in [1.82, 2.24) is 9.78 Å². The van der Waals surface area contributed by atoms with Crippen LogP contribution in [0.5, 0.6) is 0 Å². The minimum Gasteiger partial charge on any atom is -0.322 e. The first-order valence-electron chi connectivity index (χ1n) is 12.5. The highest BCUT2D eigenvalue weighted by atomic mass is 19.4. The monoisotopic (exact) mass is 539 g/mol. The van der Waals surface area contributed by atoms with Gasteiger partial charge < -0.3 is 10.1 Å². The molecule has 4 aromatic carbocycles. The molecular formula is C32H24F3N3O2. The van der Waals surface area contributed by atoms with Crippen LogP contribution in [0.4, 0.5) is 18.9 Å². The molecule has 5 rings (SSSR count). The average Bonchev–Trinajstić information content (AvgIpc) is 3.32. The zero-order valence-corrected chi connectivity index (χ0v) is 21.2. The van der Waals surface area contributed by atoms with E-state index in [1.807, 2.05) is 77.5 Å². The number of alkyl halides is 3. The van der Waals surface area contributed by atoms with Gasteiger partial charge in [0.2, 0.25) is 0 Å². The fourth-order valence-corrected chi connectivity index (χ4v) is 4.52. The molecule has 1 heterocycles. The van der Waals surface area contributed by atoms with Gasteiger partial charge in [0.15, 0.2) is 0 Å². The number of hydrogen-bond donors (Lipinski definition) is 1. The van der Waals surface area contributed by atoms with Gasteiger partial charge in [0.05, 0.1) is 23.5 Å². The Hall–Kier alpha value is -4.98. The Bertz CT molecular complexity index is 1610. The van der Waals surface area contributed by atoms with Gasteiger partial charge >= 0.3 is 6.18 Å². The third kappa shape index (κ3) is 5.86. The van der Waals surface area contributed by atoms with Crippen LogP contribution in [0.2, 0.25) is 0 Å². The maximum absolute atomic E-state index is 12.8. The molecule has 1 amide bonds. The lowest BCUT2D eigenvalue weighted by Crippen LogP contribution is -2.13. The van der Waals surface area contributed by atoms with Crippen LogP contribution in [0, 0.1) is 0 Å². The van der Waals surface area contributed by atoms with Gasteiger partial charge in [0.1, 0.15) is 6.29 Å². The summed E-state index contributed by atoms with van der Waals surface area (Å²) in [5.74, 6) is -0.508. The topological polar surface area (TPSA) is 64.0 Å². The van der Waals surface area contributed by atoms with Gasteiger partial charge in [-0.1, -0.05) is 72.8 Å². The Morgan fingerprint density at radius 2 is 1.40 bits per heavy atom. The molecule has 5 nitrogen and oxygen atoms in total. The first-order chi connectivity index (χ1) is 19.3. The molecule has 1 N–H and O–H groups in total. The van der Waals surface area contributed by atoms with E-state index in [0.717, 1.165) is 64.2 Å². The van der Waals surface area contributed by atoms with E-state index < -0.39 is 17.6 Å². The molecule has 5 aromatic rings. The van der Waals surface area contributed by atoms with E-state index in [1.54, 1.807) is 12.1 Å². The summed E-state index contributed by atoms with van der Waals surface area (Å²) < 4.78 is 40.3. The predicted molar refractivity (Wildman–Crippen MR) is 148 cm³/mol. The van der Waals surface area contributed by atoms with Gasteiger partial charge in [-0.2, -0.15) is 18.3 Å². The maximum Gasteiger partial charge on any atom is 0.416 e. The molecular weight excluding hydrogens is 515 g/mol. The molecule has 0 bridgehead atoms. The number of hydrogen-bond acceptors (Lipinski definition) is 3. The molecule has 0 aliphatic rings. The molecule has 0 saturated carbocycles. The number of carbonyl (C=O) groups excluding carboxylic acids is 2. The average molecular weight is 540 g/mol. The Balaban J connectivity index is 1.41.